The Bertz CT molecular complexity index is 831. The molecule has 138 valence electrons. The van der Waals surface area contributed by atoms with E-state index >= 15 is 0 Å². The Morgan fingerprint density at radius 2 is 1.77 bits per heavy atom. The van der Waals surface area contributed by atoms with Crippen LogP contribution < -0.4 is 10.1 Å². The molecule has 0 saturated carbocycles. The molecular weight excluding hydrogens is 332 g/mol. The second kappa shape index (κ2) is 7.99. The van der Waals surface area contributed by atoms with Gasteiger partial charge in [0.25, 0.3) is 11.6 Å². The second-order valence-electron chi connectivity index (χ2n) is 6.68. The summed E-state index contributed by atoms with van der Waals surface area (Å²) in [5.74, 6) is 0.667. The maximum absolute atomic E-state index is 12.3. The summed E-state index contributed by atoms with van der Waals surface area (Å²) < 4.78 is 5.72. The van der Waals surface area contributed by atoms with Crippen molar-refractivity contribution in [2.24, 2.45) is 0 Å². The topological polar surface area (TPSA) is 81.5 Å². The van der Waals surface area contributed by atoms with Gasteiger partial charge >= 0.3 is 0 Å². The summed E-state index contributed by atoms with van der Waals surface area (Å²) in [6, 6.07) is 10.4. The van der Waals surface area contributed by atoms with Crippen molar-refractivity contribution < 1.29 is 14.5 Å². The number of rotatable bonds is 6. The molecule has 0 bridgehead atoms. The van der Waals surface area contributed by atoms with Gasteiger partial charge in [0, 0.05) is 17.3 Å². The van der Waals surface area contributed by atoms with Crippen LogP contribution >= 0.6 is 0 Å². The Morgan fingerprint density at radius 3 is 2.35 bits per heavy atom. The summed E-state index contributed by atoms with van der Waals surface area (Å²) in [7, 11) is 0. The van der Waals surface area contributed by atoms with E-state index in [2.05, 4.69) is 19.2 Å². The lowest BCUT2D eigenvalue weighted by Gasteiger charge is -2.17. The number of nitrogens with zero attached hydrogens (tertiary/aromatic N) is 1. The summed E-state index contributed by atoms with van der Waals surface area (Å²) in [4.78, 5) is 22.9. The molecule has 1 amide bonds. The Kier molecular flexibility index (Phi) is 5.97. The molecular formula is C20H24N2O4. The molecule has 6 heteroatoms. The van der Waals surface area contributed by atoms with Gasteiger partial charge in [0.15, 0.2) is 6.10 Å². The number of carbonyl (C=O) groups excluding carboxylic acids is 1. The second-order valence-corrected chi connectivity index (χ2v) is 6.68. The van der Waals surface area contributed by atoms with Gasteiger partial charge in [0.1, 0.15) is 5.75 Å². The molecule has 2 rings (SSSR count). The largest absolute Gasteiger partial charge is 0.481 e. The number of nitro groups is 1. The third-order valence-electron chi connectivity index (χ3n) is 4.22. The van der Waals surface area contributed by atoms with Gasteiger partial charge in [-0.25, -0.2) is 0 Å². The van der Waals surface area contributed by atoms with Gasteiger partial charge < -0.3 is 10.1 Å². The molecule has 0 aliphatic heterocycles. The van der Waals surface area contributed by atoms with E-state index in [1.807, 2.05) is 25.1 Å². The van der Waals surface area contributed by atoms with Crippen LogP contribution in [0.25, 0.3) is 0 Å². The molecule has 0 radical (unpaired) electrons. The zero-order valence-corrected chi connectivity index (χ0v) is 15.7. The first-order chi connectivity index (χ1) is 12.2. The fraction of sp³-hybridized carbons (Fsp3) is 0.350. The van der Waals surface area contributed by atoms with E-state index in [1.165, 1.54) is 11.6 Å². The highest BCUT2D eigenvalue weighted by Crippen LogP contribution is 2.25. The van der Waals surface area contributed by atoms with Crippen molar-refractivity contribution in [3.63, 3.8) is 0 Å². The van der Waals surface area contributed by atoms with Crippen LogP contribution in [-0.4, -0.2) is 16.9 Å². The highest BCUT2D eigenvalue weighted by atomic mass is 16.6. The number of benzene rings is 2. The highest BCUT2D eigenvalue weighted by molar-refractivity contribution is 5.94. The molecule has 1 atom stereocenters. The highest BCUT2D eigenvalue weighted by Gasteiger charge is 2.18. The van der Waals surface area contributed by atoms with E-state index in [1.54, 1.807) is 26.0 Å². The molecule has 1 unspecified atom stereocenters. The van der Waals surface area contributed by atoms with Crippen LogP contribution in [0.2, 0.25) is 0 Å². The lowest BCUT2D eigenvalue weighted by atomic mass is 9.98. The van der Waals surface area contributed by atoms with E-state index in [4.69, 9.17) is 4.74 Å². The summed E-state index contributed by atoms with van der Waals surface area (Å²) in [6.45, 7) is 9.56. The van der Waals surface area contributed by atoms with Crippen LogP contribution in [-0.2, 0) is 4.79 Å². The number of hydrogen-bond acceptors (Lipinski definition) is 4. The van der Waals surface area contributed by atoms with Gasteiger partial charge in [-0.05, 0) is 56.0 Å². The standard InChI is InChI=1S/C20H24N2O4/c1-12(2)18-9-8-17(10-14(18)4)26-15(5)20(23)21-16-7-6-13(3)19(11-16)22(24)25/h6-12,15H,1-5H3,(H,21,23). The van der Waals surface area contributed by atoms with Gasteiger partial charge in [-0.2, -0.15) is 0 Å². The zero-order chi connectivity index (χ0) is 19.4. The first-order valence-corrected chi connectivity index (χ1v) is 8.52. The predicted octanol–water partition coefficient (Wildman–Crippen LogP) is 4.74. The average Bonchev–Trinajstić information content (AvgIpc) is 2.55. The van der Waals surface area contributed by atoms with Crippen LogP contribution in [0.4, 0.5) is 11.4 Å². The summed E-state index contributed by atoms with van der Waals surface area (Å²) >= 11 is 0. The van der Waals surface area contributed by atoms with E-state index in [9.17, 15) is 14.9 Å². The minimum absolute atomic E-state index is 0.0312. The Labute approximate surface area is 153 Å². The maximum atomic E-state index is 12.3. The Balaban J connectivity index is 2.07. The molecule has 0 spiro atoms. The lowest BCUT2D eigenvalue weighted by Crippen LogP contribution is -2.30. The molecule has 0 heterocycles. The molecule has 0 aliphatic carbocycles. The number of carbonyl (C=O) groups is 1. The number of hydrogen-bond donors (Lipinski definition) is 1. The first-order valence-electron chi connectivity index (χ1n) is 8.52. The minimum Gasteiger partial charge on any atom is -0.481 e. The quantitative estimate of drug-likeness (QED) is 0.598. The van der Waals surface area contributed by atoms with Gasteiger partial charge in [-0.1, -0.05) is 26.0 Å². The van der Waals surface area contributed by atoms with Gasteiger partial charge in [0.2, 0.25) is 0 Å². The van der Waals surface area contributed by atoms with E-state index < -0.39 is 11.0 Å². The molecule has 0 fully saturated rings. The van der Waals surface area contributed by atoms with Gasteiger partial charge in [-0.3, -0.25) is 14.9 Å². The minimum atomic E-state index is -0.736. The summed E-state index contributed by atoms with van der Waals surface area (Å²) in [5.41, 5.74) is 3.23. The van der Waals surface area contributed by atoms with E-state index in [-0.39, 0.29) is 11.6 Å². The van der Waals surface area contributed by atoms with Crippen LogP contribution in [0.1, 0.15) is 43.4 Å². The summed E-state index contributed by atoms with van der Waals surface area (Å²) in [6.07, 6.45) is -0.736. The fourth-order valence-electron chi connectivity index (χ4n) is 2.75. The zero-order valence-electron chi connectivity index (χ0n) is 15.7. The SMILES string of the molecule is Cc1cc(OC(C)C(=O)Nc2ccc(C)c([N+](=O)[O-])c2)ccc1C(C)C. The molecule has 6 nitrogen and oxygen atoms in total. The van der Waals surface area contributed by atoms with Crippen LogP contribution in [0.3, 0.4) is 0 Å². The lowest BCUT2D eigenvalue weighted by molar-refractivity contribution is -0.385. The van der Waals surface area contributed by atoms with Gasteiger partial charge in [-0.15, -0.1) is 0 Å². The number of amides is 1. The van der Waals surface area contributed by atoms with Crippen molar-refractivity contribution in [1.29, 1.82) is 0 Å². The Hall–Kier alpha value is -2.89. The van der Waals surface area contributed by atoms with Gasteiger partial charge in [0.05, 0.1) is 4.92 Å². The van der Waals surface area contributed by atoms with Crippen molar-refractivity contribution >= 4 is 17.3 Å². The number of nitrogens with one attached hydrogen (secondary N) is 1. The molecule has 2 aromatic carbocycles. The van der Waals surface area contributed by atoms with Crippen molar-refractivity contribution in [3.05, 3.63) is 63.2 Å². The first kappa shape index (κ1) is 19.4. The van der Waals surface area contributed by atoms with Crippen molar-refractivity contribution in [3.8, 4) is 5.75 Å². The van der Waals surface area contributed by atoms with Crippen molar-refractivity contribution in [2.75, 3.05) is 5.32 Å². The van der Waals surface area contributed by atoms with Crippen LogP contribution in [0.15, 0.2) is 36.4 Å². The van der Waals surface area contributed by atoms with E-state index in [0.29, 0.717) is 22.9 Å². The summed E-state index contributed by atoms with van der Waals surface area (Å²) in [5, 5.41) is 13.7. The van der Waals surface area contributed by atoms with E-state index in [0.717, 1.165) is 5.56 Å². The van der Waals surface area contributed by atoms with Crippen LogP contribution in [0.5, 0.6) is 5.75 Å². The molecule has 0 aliphatic rings. The third-order valence-corrected chi connectivity index (χ3v) is 4.22. The number of anilines is 1. The molecule has 0 aromatic heterocycles. The number of nitro benzene ring substituents is 1. The van der Waals surface area contributed by atoms with Crippen LogP contribution in [0, 0.1) is 24.0 Å². The smallest absolute Gasteiger partial charge is 0.274 e. The average molecular weight is 356 g/mol. The normalized spacial score (nSPS) is 11.9. The fourth-order valence-corrected chi connectivity index (χ4v) is 2.75. The molecule has 0 saturated heterocycles. The Morgan fingerprint density at radius 1 is 1.08 bits per heavy atom. The molecule has 2 aromatic rings. The molecule has 1 N–H and O–H groups in total. The number of aryl methyl sites for hydroxylation is 2. The number of ether oxygens (including phenoxy) is 1. The molecule has 26 heavy (non-hydrogen) atoms. The van der Waals surface area contributed by atoms with Crippen molar-refractivity contribution in [2.45, 2.75) is 46.6 Å². The predicted molar refractivity (Wildman–Crippen MR) is 102 cm³/mol. The maximum Gasteiger partial charge on any atom is 0.274 e. The third kappa shape index (κ3) is 4.59. The monoisotopic (exact) mass is 356 g/mol. The van der Waals surface area contributed by atoms with Crippen molar-refractivity contribution in [1.82, 2.24) is 0 Å².